The summed E-state index contributed by atoms with van der Waals surface area (Å²) in [5, 5.41) is 8.08. The lowest BCUT2D eigenvalue weighted by molar-refractivity contribution is 0.294. The number of aromatic nitrogens is 2. The first-order chi connectivity index (χ1) is 10.6. The molecular weight excluding hydrogens is 298 g/mol. The van der Waals surface area contributed by atoms with Crippen molar-refractivity contribution in [3.63, 3.8) is 0 Å². The second kappa shape index (κ2) is 7.25. The van der Waals surface area contributed by atoms with Gasteiger partial charge in [-0.25, -0.2) is 0 Å². The van der Waals surface area contributed by atoms with E-state index in [1.165, 1.54) is 5.56 Å². The fourth-order valence-corrected chi connectivity index (χ4v) is 2.89. The molecule has 1 aromatic carbocycles. The molecule has 5 heteroatoms. The largest absolute Gasteiger partial charge is 0.338 e. The molecule has 120 valence electrons. The van der Waals surface area contributed by atoms with E-state index in [1.54, 1.807) is 0 Å². The molecule has 2 aromatic rings. The summed E-state index contributed by atoms with van der Waals surface area (Å²) in [6, 6.07) is 8.25. The predicted molar refractivity (Wildman–Crippen MR) is 89.3 cm³/mol. The second-order valence-corrected chi connectivity index (χ2v) is 6.14. The van der Waals surface area contributed by atoms with Crippen molar-refractivity contribution in [2.45, 2.75) is 51.5 Å². The number of nitrogens with zero attached hydrogens (tertiary/aromatic N) is 2. The molecule has 1 unspecified atom stereocenters. The molecule has 1 heterocycles. The quantitative estimate of drug-likeness (QED) is 0.838. The van der Waals surface area contributed by atoms with E-state index in [2.05, 4.69) is 48.4 Å². The highest BCUT2D eigenvalue weighted by Crippen LogP contribution is 2.38. The zero-order chi connectivity index (χ0) is 16.2. The molecule has 0 bridgehead atoms. The first kappa shape index (κ1) is 17.0. The van der Waals surface area contributed by atoms with E-state index in [0.29, 0.717) is 11.9 Å². The number of benzene rings is 1. The van der Waals surface area contributed by atoms with Gasteiger partial charge in [-0.3, -0.25) is 0 Å². The highest BCUT2D eigenvalue weighted by atomic mass is 35.5. The van der Waals surface area contributed by atoms with E-state index in [9.17, 15) is 0 Å². The van der Waals surface area contributed by atoms with Crippen molar-refractivity contribution in [2.24, 2.45) is 0 Å². The third-order valence-corrected chi connectivity index (χ3v) is 4.71. The normalized spacial score (nSPS) is 13.3. The van der Waals surface area contributed by atoms with Gasteiger partial charge in [0, 0.05) is 17.5 Å². The predicted octanol–water partition coefficient (Wildman–Crippen LogP) is 3.98. The van der Waals surface area contributed by atoms with E-state index in [1.807, 2.05) is 19.2 Å². The fraction of sp³-hybridized carbons (Fsp3) is 0.529. The summed E-state index contributed by atoms with van der Waals surface area (Å²) < 4.78 is 5.62. The Morgan fingerprint density at radius 1 is 1.23 bits per heavy atom. The van der Waals surface area contributed by atoms with E-state index >= 15 is 0 Å². The number of likely N-dealkylation sites (N-methyl/N-ethyl adjacent to an activating group) is 1. The van der Waals surface area contributed by atoms with Crippen molar-refractivity contribution >= 4 is 11.6 Å². The van der Waals surface area contributed by atoms with Gasteiger partial charge in [-0.15, -0.1) is 0 Å². The average molecular weight is 322 g/mol. The monoisotopic (exact) mass is 321 g/mol. The first-order valence-electron chi connectivity index (χ1n) is 7.82. The molecule has 0 amide bonds. The zero-order valence-electron chi connectivity index (χ0n) is 13.7. The van der Waals surface area contributed by atoms with Gasteiger partial charge in [0.05, 0.1) is 5.41 Å². The minimum absolute atomic E-state index is 0.251. The van der Waals surface area contributed by atoms with Gasteiger partial charge in [0.2, 0.25) is 5.89 Å². The summed E-state index contributed by atoms with van der Waals surface area (Å²) >= 11 is 6.01. The standard InChI is InChI=1S/C17H24ClN3O/c1-5-17(6-2,13-7-9-14(18)10-8-13)16-20-15(21-22-16)11-12(3)19-4/h7-10,12,19H,5-6,11H2,1-4H3. The van der Waals surface area contributed by atoms with Crippen molar-refractivity contribution in [1.29, 1.82) is 0 Å². The maximum absolute atomic E-state index is 6.01. The summed E-state index contributed by atoms with van der Waals surface area (Å²) in [4.78, 5) is 4.66. The van der Waals surface area contributed by atoms with Crippen molar-refractivity contribution in [3.8, 4) is 0 Å². The fourth-order valence-electron chi connectivity index (χ4n) is 2.76. The van der Waals surface area contributed by atoms with Crippen LogP contribution in [0.3, 0.4) is 0 Å². The van der Waals surface area contributed by atoms with Gasteiger partial charge in [0.15, 0.2) is 5.82 Å². The van der Waals surface area contributed by atoms with E-state index in [-0.39, 0.29) is 5.41 Å². The van der Waals surface area contributed by atoms with Gasteiger partial charge < -0.3 is 9.84 Å². The van der Waals surface area contributed by atoms with E-state index in [0.717, 1.165) is 30.1 Å². The Bertz CT molecular complexity index is 590. The molecule has 0 fully saturated rings. The van der Waals surface area contributed by atoms with Crippen LogP contribution >= 0.6 is 11.6 Å². The Kier molecular flexibility index (Phi) is 5.59. The lowest BCUT2D eigenvalue weighted by Gasteiger charge is -2.28. The smallest absolute Gasteiger partial charge is 0.237 e. The van der Waals surface area contributed by atoms with Gasteiger partial charge in [0.1, 0.15) is 0 Å². The van der Waals surface area contributed by atoms with Crippen molar-refractivity contribution in [2.75, 3.05) is 7.05 Å². The van der Waals surface area contributed by atoms with Crippen LogP contribution in [0, 0.1) is 0 Å². The number of nitrogens with one attached hydrogen (secondary N) is 1. The molecule has 1 N–H and O–H groups in total. The van der Waals surface area contributed by atoms with Gasteiger partial charge in [-0.05, 0) is 44.5 Å². The van der Waals surface area contributed by atoms with Crippen LogP contribution in [0.4, 0.5) is 0 Å². The molecule has 1 aromatic heterocycles. The molecule has 0 aliphatic heterocycles. The maximum Gasteiger partial charge on any atom is 0.237 e. The number of hydrogen-bond donors (Lipinski definition) is 1. The van der Waals surface area contributed by atoms with Crippen LogP contribution in [-0.4, -0.2) is 23.2 Å². The highest BCUT2D eigenvalue weighted by molar-refractivity contribution is 6.30. The minimum atomic E-state index is -0.251. The van der Waals surface area contributed by atoms with Crippen LogP contribution in [0.15, 0.2) is 28.8 Å². The molecule has 22 heavy (non-hydrogen) atoms. The molecule has 0 aliphatic carbocycles. The topological polar surface area (TPSA) is 51.0 Å². The third-order valence-electron chi connectivity index (χ3n) is 4.46. The molecule has 4 nitrogen and oxygen atoms in total. The SMILES string of the molecule is CCC(CC)(c1ccc(Cl)cc1)c1nc(CC(C)NC)no1. The number of hydrogen-bond acceptors (Lipinski definition) is 4. The number of rotatable bonds is 7. The van der Waals surface area contributed by atoms with Gasteiger partial charge in [-0.2, -0.15) is 4.98 Å². The average Bonchev–Trinajstić information content (AvgIpc) is 2.99. The molecule has 0 aliphatic rings. The van der Waals surface area contributed by atoms with Crippen molar-refractivity contribution < 1.29 is 4.52 Å². The van der Waals surface area contributed by atoms with Crippen LogP contribution < -0.4 is 5.32 Å². The molecule has 2 rings (SSSR count). The Hall–Kier alpha value is -1.39. The Morgan fingerprint density at radius 2 is 1.86 bits per heavy atom. The summed E-state index contributed by atoms with van der Waals surface area (Å²) in [7, 11) is 1.93. The van der Waals surface area contributed by atoms with Crippen LogP contribution in [0.1, 0.15) is 50.9 Å². The molecular formula is C17H24ClN3O. The minimum Gasteiger partial charge on any atom is -0.338 e. The first-order valence-corrected chi connectivity index (χ1v) is 8.19. The van der Waals surface area contributed by atoms with E-state index in [4.69, 9.17) is 16.1 Å². The summed E-state index contributed by atoms with van der Waals surface area (Å²) in [6.45, 7) is 6.40. The lowest BCUT2D eigenvalue weighted by Crippen LogP contribution is -2.27. The van der Waals surface area contributed by atoms with E-state index < -0.39 is 0 Å². The van der Waals surface area contributed by atoms with Gasteiger partial charge in [-0.1, -0.05) is 42.7 Å². The van der Waals surface area contributed by atoms with Crippen molar-refractivity contribution in [1.82, 2.24) is 15.5 Å². The molecule has 0 saturated heterocycles. The van der Waals surface area contributed by atoms with Crippen LogP contribution in [0.25, 0.3) is 0 Å². The Labute approximate surface area is 137 Å². The van der Waals surface area contributed by atoms with Crippen LogP contribution in [0.5, 0.6) is 0 Å². The Balaban J connectivity index is 2.37. The summed E-state index contributed by atoms with van der Waals surface area (Å²) in [5.74, 6) is 1.44. The number of halogens is 1. The van der Waals surface area contributed by atoms with Gasteiger partial charge >= 0.3 is 0 Å². The lowest BCUT2D eigenvalue weighted by atomic mass is 9.75. The maximum atomic E-state index is 6.01. The summed E-state index contributed by atoms with van der Waals surface area (Å²) in [6.07, 6.45) is 2.55. The highest BCUT2D eigenvalue weighted by Gasteiger charge is 2.36. The molecule has 0 radical (unpaired) electrons. The molecule has 0 saturated carbocycles. The van der Waals surface area contributed by atoms with Crippen LogP contribution in [-0.2, 0) is 11.8 Å². The summed E-state index contributed by atoms with van der Waals surface area (Å²) in [5.41, 5.74) is 0.914. The van der Waals surface area contributed by atoms with Crippen LogP contribution in [0.2, 0.25) is 5.02 Å². The third kappa shape index (κ3) is 3.33. The molecule has 1 atom stereocenters. The zero-order valence-corrected chi connectivity index (χ0v) is 14.4. The Morgan fingerprint density at radius 3 is 2.41 bits per heavy atom. The molecule has 0 spiro atoms. The second-order valence-electron chi connectivity index (χ2n) is 5.71. The van der Waals surface area contributed by atoms with Crippen molar-refractivity contribution in [3.05, 3.63) is 46.6 Å². The van der Waals surface area contributed by atoms with Gasteiger partial charge in [0.25, 0.3) is 0 Å².